The first-order valence-corrected chi connectivity index (χ1v) is 10.1. The first-order chi connectivity index (χ1) is 13.5. The molecule has 5 nitrogen and oxygen atoms in total. The van der Waals surface area contributed by atoms with Crippen molar-refractivity contribution in [2.24, 2.45) is 0 Å². The molecule has 1 heterocycles. The third kappa shape index (κ3) is 4.53. The van der Waals surface area contributed by atoms with E-state index in [1.165, 1.54) is 42.5 Å². The SMILES string of the molecule is CS(=O)(=O)c1ccc(-c2cnn(CC(F)(F)F)c(=O)c2-c2ccccc2F)cc1. The lowest BCUT2D eigenvalue weighted by Crippen LogP contribution is -2.31. The van der Waals surface area contributed by atoms with E-state index in [4.69, 9.17) is 0 Å². The molecule has 0 N–H and O–H groups in total. The molecule has 3 aromatic rings. The van der Waals surface area contributed by atoms with Crippen molar-refractivity contribution in [1.82, 2.24) is 9.78 Å². The summed E-state index contributed by atoms with van der Waals surface area (Å²) < 4.78 is 76.2. The molecule has 0 amide bonds. The third-order valence-electron chi connectivity index (χ3n) is 4.11. The Labute approximate surface area is 163 Å². The third-order valence-corrected chi connectivity index (χ3v) is 5.24. The van der Waals surface area contributed by atoms with E-state index in [0.29, 0.717) is 5.56 Å². The molecule has 10 heteroatoms. The number of nitrogens with zero attached hydrogens (tertiary/aromatic N) is 2. The first-order valence-electron chi connectivity index (χ1n) is 8.19. The summed E-state index contributed by atoms with van der Waals surface area (Å²) in [4.78, 5) is 12.8. The average molecular weight is 426 g/mol. The number of aromatic nitrogens is 2. The molecular weight excluding hydrogens is 412 g/mol. The molecular formula is C19H14F4N2O3S. The van der Waals surface area contributed by atoms with E-state index < -0.39 is 33.9 Å². The summed E-state index contributed by atoms with van der Waals surface area (Å²) >= 11 is 0. The number of sulfone groups is 1. The van der Waals surface area contributed by atoms with Crippen LogP contribution in [0.2, 0.25) is 0 Å². The molecule has 0 unspecified atom stereocenters. The Kier molecular flexibility index (Phi) is 5.31. The van der Waals surface area contributed by atoms with Gasteiger partial charge in [-0.3, -0.25) is 4.79 Å². The van der Waals surface area contributed by atoms with Gasteiger partial charge in [-0.05, 0) is 23.8 Å². The van der Waals surface area contributed by atoms with Gasteiger partial charge in [0.15, 0.2) is 9.84 Å². The molecule has 3 rings (SSSR count). The van der Waals surface area contributed by atoms with E-state index in [0.717, 1.165) is 18.5 Å². The van der Waals surface area contributed by atoms with Crippen LogP contribution in [0.4, 0.5) is 17.6 Å². The maximum absolute atomic E-state index is 14.4. The van der Waals surface area contributed by atoms with Gasteiger partial charge in [-0.15, -0.1) is 0 Å². The quantitative estimate of drug-likeness (QED) is 0.597. The van der Waals surface area contributed by atoms with Gasteiger partial charge >= 0.3 is 6.18 Å². The molecule has 0 aliphatic carbocycles. The van der Waals surface area contributed by atoms with Gasteiger partial charge in [0, 0.05) is 17.4 Å². The van der Waals surface area contributed by atoms with Crippen LogP contribution in [-0.4, -0.2) is 30.6 Å². The molecule has 0 radical (unpaired) electrons. The predicted molar refractivity (Wildman–Crippen MR) is 98.5 cm³/mol. The number of hydrogen-bond acceptors (Lipinski definition) is 4. The first kappa shape index (κ1) is 20.7. The van der Waals surface area contributed by atoms with Crippen molar-refractivity contribution < 1.29 is 26.0 Å². The van der Waals surface area contributed by atoms with Crippen molar-refractivity contribution in [3.8, 4) is 22.3 Å². The van der Waals surface area contributed by atoms with E-state index in [9.17, 15) is 30.8 Å². The highest BCUT2D eigenvalue weighted by atomic mass is 32.2. The second-order valence-corrected chi connectivity index (χ2v) is 8.30. The zero-order valence-electron chi connectivity index (χ0n) is 14.9. The van der Waals surface area contributed by atoms with Gasteiger partial charge in [-0.25, -0.2) is 17.5 Å². The average Bonchev–Trinajstić information content (AvgIpc) is 2.62. The minimum atomic E-state index is -4.69. The van der Waals surface area contributed by atoms with E-state index in [2.05, 4.69) is 5.10 Å². The highest BCUT2D eigenvalue weighted by Gasteiger charge is 2.30. The molecule has 0 saturated heterocycles. The Morgan fingerprint density at radius 2 is 1.62 bits per heavy atom. The van der Waals surface area contributed by atoms with Crippen molar-refractivity contribution in [2.45, 2.75) is 17.6 Å². The number of hydrogen-bond donors (Lipinski definition) is 0. The second-order valence-electron chi connectivity index (χ2n) is 6.29. The van der Waals surface area contributed by atoms with E-state index in [-0.39, 0.29) is 26.3 Å². The van der Waals surface area contributed by atoms with Crippen molar-refractivity contribution in [1.29, 1.82) is 0 Å². The number of alkyl halides is 3. The van der Waals surface area contributed by atoms with Crippen LogP contribution >= 0.6 is 0 Å². The van der Waals surface area contributed by atoms with Crippen molar-refractivity contribution >= 4 is 9.84 Å². The Morgan fingerprint density at radius 1 is 1.00 bits per heavy atom. The largest absolute Gasteiger partial charge is 0.408 e. The molecule has 1 aromatic heterocycles. The summed E-state index contributed by atoms with van der Waals surface area (Å²) in [6.07, 6.45) is -2.64. The van der Waals surface area contributed by atoms with Crippen LogP contribution in [0.3, 0.4) is 0 Å². The Bertz CT molecular complexity index is 1220. The highest BCUT2D eigenvalue weighted by molar-refractivity contribution is 7.90. The normalized spacial score (nSPS) is 12.2. The Hall–Kier alpha value is -3.01. The minimum Gasteiger partial charge on any atom is -0.267 e. The van der Waals surface area contributed by atoms with Crippen LogP contribution in [0.1, 0.15) is 0 Å². The summed E-state index contributed by atoms with van der Waals surface area (Å²) in [5.74, 6) is -0.789. The van der Waals surface area contributed by atoms with Gasteiger partial charge in [0.1, 0.15) is 12.4 Å². The lowest BCUT2D eigenvalue weighted by Gasteiger charge is -2.14. The summed E-state index contributed by atoms with van der Waals surface area (Å²) in [7, 11) is -3.47. The van der Waals surface area contributed by atoms with Crippen LogP contribution in [-0.2, 0) is 16.4 Å². The highest BCUT2D eigenvalue weighted by Crippen LogP contribution is 2.31. The lowest BCUT2D eigenvalue weighted by molar-refractivity contribution is -0.143. The predicted octanol–water partition coefficient (Wildman–Crippen LogP) is 3.68. The fraction of sp³-hybridized carbons (Fsp3) is 0.158. The van der Waals surface area contributed by atoms with Crippen molar-refractivity contribution in [3.05, 3.63) is 70.9 Å². The van der Waals surface area contributed by atoms with Crippen molar-refractivity contribution in [3.63, 3.8) is 0 Å². The van der Waals surface area contributed by atoms with Crippen LogP contribution in [0, 0.1) is 5.82 Å². The zero-order chi connectivity index (χ0) is 21.4. The molecule has 0 atom stereocenters. The zero-order valence-corrected chi connectivity index (χ0v) is 15.8. The van der Waals surface area contributed by atoms with Gasteiger partial charge in [0.25, 0.3) is 5.56 Å². The Morgan fingerprint density at radius 3 is 2.17 bits per heavy atom. The fourth-order valence-electron chi connectivity index (χ4n) is 2.80. The lowest BCUT2D eigenvalue weighted by atomic mass is 9.97. The molecule has 29 heavy (non-hydrogen) atoms. The topological polar surface area (TPSA) is 69.0 Å². The number of benzene rings is 2. The summed E-state index contributed by atoms with van der Waals surface area (Å²) in [6, 6.07) is 10.5. The minimum absolute atomic E-state index is 0.0204. The van der Waals surface area contributed by atoms with Gasteiger partial charge in [-0.1, -0.05) is 30.3 Å². The number of rotatable bonds is 4. The molecule has 0 saturated carbocycles. The fourth-order valence-corrected chi connectivity index (χ4v) is 3.43. The molecule has 0 aliphatic rings. The molecule has 0 fully saturated rings. The monoisotopic (exact) mass is 426 g/mol. The smallest absolute Gasteiger partial charge is 0.267 e. The van der Waals surface area contributed by atoms with Crippen LogP contribution in [0.15, 0.2) is 64.4 Å². The maximum Gasteiger partial charge on any atom is 0.408 e. The second kappa shape index (κ2) is 7.43. The van der Waals surface area contributed by atoms with Crippen LogP contribution < -0.4 is 5.56 Å². The Balaban J connectivity index is 2.26. The molecule has 152 valence electrons. The van der Waals surface area contributed by atoms with Crippen LogP contribution in [0.25, 0.3) is 22.3 Å². The maximum atomic E-state index is 14.4. The van der Waals surface area contributed by atoms with Crippen LogP contribution in [0.5, 0.6) is 0 Å². The number of halogens is 4. The molecule has 0 bridgehead atoms. The molecule has 0 aliphatic heterocycles. The van der Waals surface area contributed by atoms with Gasteiger partial charge in [0.2, 0.25) is 0 Å². The van der Waals surface area contributed by atoms with E-state index in [1.807, 2.05) is 0 Å². The molecule has 2 aromatic carbocycles. The summed E-state index contributed by atoms with van der Waals surface area (Å²) in [5.41, 5.74) is -1.21. The van der Waals surface area contributed by atoms with Crippen molar-refractivity contribution in [2.75, 3.05) is 6.26 Å². The van der Waals surface area contributed by atoms with Gasteiger partial charge in [0.05, 0.1) is 16.7 Å². The van der Waals surface area contributed by atoms with Gasteiger partial charge in [-0.2, -0.15) is 18.3 Å². The van der Waals surface area contributed by atoms with E-state index >= 15 is 0 Å². The standard InChI is InChI=1S/C19H14F4N2O3S/c1-29(27,28)13-8-6-12(7-9-13)15-10-24-25(11-19(21,22)23)18(26)17(15)14-4-2-3-5-16(14)20/h2-10H,11H2,1H3. The molecule has 0 spiro atoms. The summed E-state index contributed by atoms with van der Waals surface area (Å²) in [5, 5.41) is 3.57. The van der Waals surface area contributed by atoms with E-state index in [1.54, 1.807) is 0 Å². The van der Waals surface area contributed by atoms with Gasteiger partial charge < -0.3 is 0 Å². The summed E-state index contributed by atoms with van der Waals surface area (Å²) in [6.45, 7) is -1.62.